The Morgan fingerprint density at radius 3 is 2.24 bits per heavy atom. The monoisotopic (exact) mass is 494 g/mol. The van der Waals surface area contributed by atoms with E-state index in [4.69, 9.17) is 0 Å². The predicted molar refractivity (Wildman–Crippen MR) is 144 cm³/mol. The van der Waals surface area contributed by atoms with E-state index < -0.39 is 4.92 Å². The number of ketones is 1. The molecule has 1 heterocycles. The molecule has 0 saturated carbocycles. The molecule has 0 aromatic heterocycles. The van der Waals surface area contributed by atoms with Crippen molar-refractivity contribution in [3.63, 3.8) is 0 Å². The zero-order valence-electron chi connectivity index (χ0n) is 21.3. The summed E-state index contributed by atoms with van der Waals surface area (Å²) in [6.07, 6.45) is 1.03. The van der Waals surface area contributed by atoms with Crippen molar-refractivity contribution in [2.24, 2.45) is 0 Å². The first-order valence-corrected chi connectivity index (χ1v) is 12.7. The predicted octanol–water partition coefficient (Wildman–Crippen LogP) is 6.95. The van der Waals surface area contributed by atoms with Crippen molar-refractivity contribution in [1.29, 1.82) is 0 Å². The zero-order valence-corrected chi connectivity index (χ0v) is 21.3. The standard InChI is InChI=1S/C31H30N2O4/c1-19(2)21-10-12-23(13-11-21)26-18-30(35)32(27-17-25(33(36)37)14-9-20(27)3)28-15-24(16-29(34)31(26)28)22-7-5-4-6-8-22/h4-14,17,19,24,26H,15-16,18H2,1-3H3. The van der Waals surface area contributed by atoms with Crippen LogP contribution in [0, 0.1) is 17.0 Å². The number of nitrogens with zero attached hydrogens (tertiary/aromatic N) is 2. The van der Waals surface area contributed by atoms with Gasteiger partial charge in [-0.15, -0.1) is 0 Å². The lowest BCUT2D eigenvalue weighted by molar-refractivity contribution is -0.384. The van der Waals surface area contributed by atoms with Crippen molar-refractivity contribution in [2.75, 3.05) is 4.90 Å². The van der Waals surface area contributed by atoms with Gasteiger partial charge in [0, 0.05) is 42.2 Å². The van der Waals surface area contributed by atoms with Crippen LogP contribution in [0.5, 0.6) is 0 Å². The maximum absolute atomic E-state index is 13.8. The van der Waals surface area contributed by atoms with Crippen LogP contribution in [0.2, 0.25) is 0 Å². The summed E-state index contributed by atoms with van der Waals surface area (Å²) in [5.74, 6) is -0.130. The molecule has 1 aliphatic heterocycles. The molecular weight excluding hydrogens is 464 g/mol. The van der Waals surface area contributed by atoms with E-state index in [-0.39, 0.29) is 35.6 Å². The molecule has 1 amide bonds. The Hall–Kier alpha value is -4.06. The second-order valence-electron chi connectivity index (χ2n) is 10.3. The number of Topliss-reactive ketones (excluding diaryl/α,β-unsaturated/α-hetero) is 1. The van der Waals surface area contributed by atoms with E-state index in [1.807, 2.05) is 49.4 Å². The lowest BCUT2D eigenvalue weighted by atomic mass is 9.72. The Kier molecular flexibility index (Phi) is 6.50. The molecular formula is C31H30N2O4. The number of carbonyl (C=O) groups excluding carboxylic acids is 2. The van der Waals surface area contributed by atoms with Gasteiger partial charge >= 0.3 is 0 Å². The van der Waals surface area contributed by atoms with Gasteiger partial charge in [-0.1, -0.05) is 74.5 Å². The number of aryl methyl sites for hydroxylation is 1. The lowest BCUT2D eigenvalue weighted by Gasteiger charge is -2.41. The fourth-order valence-electron chi connectivity index (χ4n) is 5.63. The smallest absolute Gasteiger partial charge is 0.271 e. The van der Waals surface area contributed by atoms with E-state index in [2.05, 4.69) is 26.0 Å². The summed E-state index contributed by atoms with van der Waals surface area (Å²) in [4.78, 5) is 40.3. The zero-order chi connectivity index (χ0) is 26.3. The molecule has 0 saturated heterocycles. The summed E-state index contributed by atoms with van der Waals surface area (Å²) in [6, 6.07) is 22.6. The van der Waals surface area contributed by atoms with Gasteiger partial charge in [0.05, 0.1) is 10.6 Å². The largest absolute Gasteiger partial charge is 0.294 e. The molecule has 37 heavy (non-hydrogen) atoms. The minimum Gasteiger partial charge on any atom is -0.294 e. The van der Waals surface area contributed by atoms with Crippen LogP contribution in [-0.2, 0) is 9.59 Å². The molecule has 6 nitrogen and oxygen atoms in total. The first-order valence-electron chi connectivity index (χ1n) is 12.7. The van der Waals surface area contributed by atoms with Crippen molar-refractivity contribution in [1.82, 2.24) is 0 Å². The van der Waals surface area contributed by atoms with Crippen LogP contribution < -0.4 is 4.90 Å². The van der Waals surface area contributed by atoms with Crippen molar-refractivity contribution in [3.8, 4) is 0 Å². The Morgan fingerprint density at radius 2 is 1.59 bits per heavy atom. The number of hydrogen-bond acceptors (Lipinski definition) is 4. The van der Waals surface area contributed by atoms with Crippen LogP contribution in [0.4, 0.5) is 11.4 Å². The molecule has 0 N–H and O–H groups in total. The average molecular weight is 495 g/mol. The van der Waals surface area contributed by atoms with E-state index in [0.29, 0.717) is 35.7 Å². The maximum Gasteiger partial charge on any atom is 0.271 e. The highest BCUT2D eigenvalue weighted by molar-refractivity contribution is 6.08. The van der Waals surface area contributed by atoms with Crippen LogP contribution in [0.15, 0.2) is 84.1 Å². The molecule has 5 rings (SSSR count). The second kappa shape index (κ2) is 9.77. The quantitative estimate of drug-likeness (QED) is 0.284. The number of nitro groups is 1. The summed E-state index contributed by atoms with van der Waals surface area (Å²) in [5, 5.41) is 11.5. The Morgan fingerprint density at radius 1 is 0.892 bits per heavy atom. The van der Waals surface area contributed by atoms with Crippen molar-refractivity contribution >= 4 is 23.1 Å². The van der Waals surface area contributed by atoms with Gasteiger partial charge in [0.2, 0.25) is 5.91 Å². The van der Waals surface area contributed by atoms with E-state index >= 15 is 0 Å². The Labute approximate surface area is 216 Å². The third-order valence-electron chi connectivity index (χ3n) is 7.65. The first-order chi connectivity index (χ1) is 17.7. The van der Waals surface area contributed by atoms with Gasteiger partial charge < -0.3 is 0 Å². The minimum absolute atomic E-state index is 0.0358. The number of carbonyl (C=O) groups is 2. The van der Waals surface area contributed by atoms with Crippen LogP contribution in [-0.4, -0.2) is 16.6 Å². The molecule has 188 valence electrons. The molecule has 0 spiro atoms. The highest BCUT2D eigenvalue weighted by Gasteiger charge is 2.43. The topological polar surface area (TPSA) is 80.5 Å². The van der Waals surface area contributed by atoms with Gasteiger partial charge in [-0.05, 0) is 47.4 Å². The van der Waals surface area contributed by atoms with Crippen LogP contribution in [0.3, 0.4) is 0 Å². The summed E-state index contributed by atoms with van der Waals surface area (Å²) in [7, 11) is 0. The summed E-state index contributed by atoms with van der Waals surface area (Å²) in [5.41, 5.74) is 5.68. The van der Waals surface area contributed by atoms with E-state index in [0.717, 1.165) is 16.7 Å². The molecule has 2 aliphatic rings. The molecule has 3 aromatic rings. The normalized spacial score (nSPS) is 19.8. The molecule has 0 fully saturated rings. The molecule has 2 atom stereocenters. The third-order valence-corrected chi connectivity index (χ3v) is 7.65. The number of benzene rings is 3. The van der Waals surface area contributed by atoms with Gasteiger partial charge in [-0.3, -0.25) is 24.6 Å². The van der Waals surface area contributed by atoms with E-state index in [1.165, 1.54) is 17.7 Å². The molecule has 0 radical (unpaired) electrons. The molecule has 2 unspecified atom stereocenters. The third kappa shape index (κ3) is 4.59. The van der Waals surface area contributed by atoms with Crippen LogP contribution in [0.1, 0.15) is 73.1 Å². The fourth-order valence-corrected chi connectivity index (χ4v) is 5.63. The molecule has 3 aromatic carbocycles. The molecule has 1 aliphatic carbocycles. The number of anilines is 1. The maximum atomic E-state index is 13.8. The number of allylic oxidation sites excluding steroid dienone is 2. The van der Waals surface area contributed by atoms with Gasteiger partial charge in [0.25, 0.3) is 5.69 Å². The number of amides is 1. The number of non-ortho nitro benzene ring substituents is 1. The Balaban J connectivity index is 1.67. The summed E-state index contributed by atoms with van der Waals surface area (Å²) in [6.45, 7) is 6.10. The Bertz CT molecular complexity index is 1410. The van der Waals surface area contributed by atoms with Crippen LogP contribution in [0.25, 0.3) is 0 Å². The SMILES string of the molecule is Cc1ccc([N+](=O)[O-])cc1N1C(=O)CC(c2ccc(C(C)C)cc2)C2=C1CC(c1ccccc1)CC2=O. The highest BCUT2D eigenvalue weighted by atomic mass is 16.6. The van der Waals surface area contributed by atoms with Crippen molar-refractivity contribution in [2.45, 2.75) is 57.8 Å². The molecule has 0 bridgehead atoms. The first kappa shape index (κ1) is 24.6. The number of nitro benzene ring substituents is 1. The molecule has 6 heteroatoms. The minimum atomic E-state index is -0.454. The van der Waals surface area contributed by atoms with E-state index in [9.17, 15) is 19.7 Å². The summed E-state index contributed by atoms with van der Waals surface area (Å²) < 4.78 is 0. The van der Waals surface area contributed by atoms with Crippen molar-refractivity contribution in [3.05, 3.63) is 116 Å². The second-order valence-corrected chi connectivity index (χ2v) is 10.3. The lowest BCUT2D eigenvalue weighted by Crippen LogP contribution is -2.42. The van der Waals surface area contributed by atoms with E-state index in [1.54, 1.807) is 11.0 Å². The summed E-state index contributed by atoms with van der Waals surface area (Å²) >= 11 is 0. The fraction of sp³-hybridized carbons (Fsp3) is 0.290. The number of hydrogen-bond donors (Lipinski definition) is 0. The number of rotatable bonds is 5. The van der Waals surface area contributed by atoms with Gasteiger partial charge in [0.1, 0.15) is 0 Å². The van der Waals surface area contributed by atoms with Crippen molar-refractivity contribution < 1.29 is 14.5 Å². The highest BCUT2D eigenvalue weighted by Crippen LogP contribution is 2.47. The van der Waals surface area contributed by atoms with Gasteiger partial charge in [-0.2, -0.15) is 0 Å². The van der Waals surface area contributed by atoms with Gasteiger partial charge in [0.15, 0.2) is 5.78 Å². The average Bonchev–Trinajstić information content (AvgIpc) is 2.89. The van der Waals surface area contributed by atoms with Gasteiger partial charge in [-0.25, -0.2) is 0 Å². The van der Waals surface area contributed by atoms with Crippen LogP contribution >= 0.6 is 0 Å².